The van der Waals surface area contributed by atoms with Gasteiger partial charge >= 0.3 is 0 Å². The molecule has 0 saturated carbocycles. The Kier molecular flexibility index (Phi) is 7.25. The Balaban J connectivity index is 0.00000153. The highest BCUT2D eigenvalue weighted by Gasteiger charge is 2.25. The smallest absolute Gasteiger partial charge is 0.277 e. The second-order valence-electron chi connectivity index (χ2n) is 7.57. The fourth-order valence-corrected chi connectivity index (χ4v) is 3.77. The summed E-state index contributed by atoms with van der Waals surface area (Å²) in [7, 11) is 1.85. The van der Waals surface area contributed by atoms with Gasteiger partial charge in [0.05, 0.1) is 29.2 Å². The highest BCUT2D eigenvalue weighted by atomic mass is 35.5. The Morgan fingerprint density at radius 2 is 2.12 bits per heavy atom. The maximum atomic E-state index is 13.0. The minimum Gasteiger partial charge on any atom is -0.442 e. The van der Waals surface area contributed by atoms with Crippen LogP contribution in [0.15, 0.2) is 41.3 Å². The Bertz CT molecular complexity index is 1290. The van der Waals surface area contributed by atoms with E-state index < -0.39 is 5.91 Å². The number of aliphatic hydroxyl groups is 1. The molecule has 0 aliphatic carbocycles. The Hall–Kier alpha value is -3.15. The van der Waals surface area contributed by atoms with Gasteiger partial charge < -0.3 is 19.7 Å². The number of carbonyl (C=O) groups excluding carboxylic acids is 1. The fraction of sp³-hybridized carbons (Fsp3) is 0.286. The van der Waals surface area contributed by atoms with Crippen molar-refractivity contribution in [2.24, 2.45) is 7.05 Å². The molecule has 10 nitrogen and oxygen atoms in total. The SMILES string of the molecule is Cc1nccc(-c2nc(C(=O)Nc3cc4c(cnn4C)cc3N3CC[C@H](O)C3)co2)n1.Cl.S. The zero-order valence-electron chi connectivity index (χ0n) is 18.0. The molecule has 174 valence electrons. The van der Waals surface area contributed by atoms with E-state index in [1.807, 2.05) is 19.2 Å². The first-order chi connectivity index (χ1) is 15.0. The van der Waals surface area contributed by atoms with E-state index in [-0.39, 0.29) is 43.6 Å². The molecule has 12 heteroatoms. The number of nitrogens with zero attached hydrogens (tertiary/aromatic N) is 6. The van der Waals surface area contributed by atoms with E-state index in [1.165, 1.54) is 6.26 Å². The average molecular weight is 490 g/mol. The molecule has 0 unspecified atom stereocenters. The van der Waals surface area contributed by atoms with Gasteiger partial charge in [0.25, 0.3) is 5.91 Å². The maximum Gasteiger partial charge on any atom is 0.277 e. The number of hydrogen-bond acceptors (Lipinski definition) is 8. The van der Waals surface area contributed by atoms with Crippen molar-refractivity contribution in [1.82, 2.24) is 24.7 Å². The number of anilines is 2. The van der Waals surface area contributed by atoms with Crippen LogP contribution in [0.1, 0.15) is 22.7 Å². The summed E-state index contributed by atoms with van der Waals surface area (Å²) in [5.74, 6) is 0.438. The maximum absolute atomic E-state index is 13.0. The van der Waals surface area contributed by atoms with Gasteiger partial charge in [0, 0.05) is 31.7 Å². The molecule has 5 rings (SSSR count). The van der Waals surface area contributed by atoms with Gasteiger partial charge in [-0.2, -0.15) is 18.6 Å². The van der Waals surface area contributed by atoms with Gasteiger partial charge in [-0.1, -0.05) is 0 Å². The summed E-state index contributed by atoms with van der Waals surface area (Å²) in [5, 5.41) is 18.2. The van der Waals surface area contributed by atoms with Gasteiger partial charge in [0.1, 0.15) is 17.8 Å². The molecule has 4 heterocycles. The Morgan fingerprint density at radius 3 is 2.85 bits per heavy atom. The highest BCUT2D eigenvalue weighted by Crippen LogP contribution is 2.34. The van der Waals surface area contributed by atoms with Crippen molar-refractivity contribution in [3.8, 4) is 11.6 Å². The summed E-state index contributed by atoms with van der Waals surface area (Å²) in [6.45, 7) is 2.98. The summed E-state index contributed by atoms with van der Waals surface area (Å²) in [6.07, 6.45) is 5.00. The second kappa shape index (κ2) is 9.77. The van der Waals surface area contributed by atoms with Crippen LogP contribution in [0, 0.1) is 6.92 Å². The minimum absolute atomic E-state index is 0. The molecule has 1 aromatic carbocycles. The summed E-state index contributed by atoms with van der Waals surface area (Å²) >= 11 is 0. The number of fused-ring (bicyclic) bond motifs is 1. The predicted molar refractivity (Wildman–Crippen MR) is 131 cm³/mol. The van der Waals surface area contributed by atoms with Crippen molar-refractivity contribution < 1.29 is 14.3 Å². The van der Waals surface area contributed by atoms with Crippen LogP contribution in [-0.4, -0.2) is 54.9 Å². The number of nitrogens with one attached hydrogen (secondary N) is 1. The molecule has 1 amide bonds. The van der Waals surface area contributed by atoms with Crippen LogP contribution < -0.4 is 10.2 Å². The van der Waals surface area contributed by atoms with Crippen LogP contribution in [0.25, 0.3) is 22.5 Å². The first-order valence-electron chi connectivity index (χ1n) is 9.93. The number of hydrogen-bond donors (Lipinski definition) is 2. The number of halogens is 1. The molecule has 33 heavy (non-hydrogen) atoms. The third-order valence-corrected chi connectivity index (χ3v) is 5.35. The molecule has 4 aromatic rings. The van der Waals surface area contributed by atoms with Gasteiger partial charge in [0.2, 0.25) is 5.89 Å². The van der Waals surface area contributed by atoms with E-state index in [4.69, 9.17) is 4.42 Å². The number of β-amino-alcohol motifs (C(OH)–C–C–N with tert-alkyl or cyclic N) is 1. The first kappa shape index (κ1) is 24.5. The van der Waals surface area contributed by atoms with Crippen molar-refractivity contribution >= 4 is 54.1 Å². The zero-order chi connectivity index (χ0) is 21.5. The van der Waals surface area contributed by atoms with E-state index in [0.29, 0.717) is 36.7 Å². The van der Waals surface area contributed by atoms with Gasteiger partial charge in [-0.05, 0) is 31.5 Å². The molecule has 0 spiro atoms. The second-order valence-corrected chi connectivity index (χ2v) is 7.57. The number of benzene rings is 1. The van der Waals surface area contributed by atoms with Crippen LogP contribution in [0.4, 0.5) is 11.4 Å². The number of aliphatic hydroxyl groups excluding tert-OH is 1. The normalized spacial score (nSPS) is 15.2. The van der Waals surface area contributed by atoms with Crippen molar-refractivity contribution in [3.05, 3.63) is 48.4 Å². The predicted octanol–water partition coefficient (Wildman–Crippen LogP) is 2.68. The van der Waals surface area contributed by atoms with Gasteiger partial charge in [-0.3, -0.25) is 9.48 Å². The summed E-state index contributed by atoms with van der Waals surface area (Å²) in [6, 6.07) is 5.54. The molecule has 0 bridgehead atoms. The minimum atomic E-state index is -0.400. The molecule has 1 atom stereocenters. The molecular formula is C21H24ClN7O3S. The van der Waals surface area contributed by atoms with Crippen LogP contribution in [0.3, 0.4) is 0 Å². The quantitative estimate of drug-likeness (QED) is 0.448. The van der Waals surface area contributed by atoms with Crippen molar-refractivity contribution in [2.45, 2.75) is 19.4 Å². The van der Waals surface area contributed by atoms with Crippen molar-refractivity contribution in [2.75, 3.05) is 23.3 Å². The molecule has 1 aliphatic rings. The lowest BCUT2D eigenvalue weighted by Gasteiger charge is -2.22. The molecule has 2 N–H and O–H groups in total. The number of rotatable bonds is 4. The number of carbonyl (C=O) groups is 1. The largest absolute Gasteiger partial charge is 0.442 e. The summed E-state index contributed by atoms with van der Waals surface area (Å²) in [4.78, 5) is 27.6. The molecule has 1 aliphatic heterocycles. The van der Waals surface area contributed by atoms with Gasteiger partial charge in [0.15, 0.2) is 5.69 Å². The third kappa shape index (κ3) is 4.80. The number of aryl methyl sites for hydroxylation is 2. The van der Waals surface area contributed by atoms with Crippen LogP contribution >= 0.6 is 25.9 Å². The number of aromatic nitrogens is 5. The van der Waals surface area contributed by atoms with E-state index in [1.54, 1.807) is 30.1 Å². The molecule has 3 aromatic heterocycles. The van der Waals surface area contributed by atoms with E-state index in [0.717, 1.165) is 16.6 Å². The van der Waals surface area contributed by atoms with E-state index >= 15 is 0 Å². The van der Waals surface area contributed by atoms with Crippen LogP contribution in [0.2, 0.25) is 0 Å². The van der Waals surface area contributed by atoms with Gasteiger partial charge in [-0.25, -0.2) is 15.0 Å². The lowest BCUT2D eigenvalue weighted by atomic mass is 10.1. The van der Waals surface area contributed by atoms with Crippen molar-refractivity contribution in [3.63, 3.8) is 0 Å². The Labute approximate surface area is 202 Å². The lowest BCUT2D eigenvalue weighted by molar-refractivity contribution is 0.102. The highest BCUT2D eigenvalue weighted by molar-refractivity contribution is 7.59. The van der Waals surface area contributed by atoms with Crippen LogP contribution in [-0.2, 0) is 7.05 Å². The van der Waals surface area contributed by atoms with Crippen molar-refractivity contribution in [1.29, 1.82) is 0 Å². The number of oxazole rings is 1. The topological polar surface area (TPSA) is 122 Å². The van der Waals surface area contributed by atoms with E-state index in [2.05, 4.69) is 30.3 Å². The standard InChI is InChI=1S/C21H21N7O3.ClH.H2S/c1-12-22-5-3-15(24-12)21-26-17(11-31-21)20(30)25-16-8-18-13(9-23-27(18)2)7-19(16)28-6-4-14(29)10-28;;/h3,5,7-9,11,14,29H,4,6,10H2,1-2H3,(H,25,30);1H;1H2/t14-;;/m0../s1. The zero-order valence-corrected chi connectivity index (χ0v) is 19.8. The molecule has 1 saturated heterocycles. The molecular weight excluding hydrogens is 466 g/mol. The lowest BCUT2D eigenvalue weighted by Crippen LogP contribution is -2.23. The fourth-order valence-electron chi connectivity index (χ4n) is 3.77. The summed E-state index contributed by atoms with van der Waals surface area (Å²) in [5.41, 5.74) is 2.99. The monoisotopic (exact) mass is 489 g/mol. The van der Waals surface area contributed by atoms with E-state index in [9.17, 15) is 9.90 Å². The molecule has 0 radical (unpaired) electrons. The number of amides is 1. The third-order valence-electron chi connectivity index (χ3n) is 5.35. The Morgan fingerprint density at radius 1 is 1.30 bits per heavy atom. The average Bonchev–Trinajstić information content (AvgIpc) is 3.48. The molecule has 1 fully saturated rings. The summed E-state index contributed by atoms with van der Waals surface area (Å²) < 4.78 is 7.22. The van der Waals surface area contributed by atoms with Crippen LogP contribution in [0.5, 0.6) is 0 Å². The first-order valence-corrected chi connectivity index (χ1v) is 9.93. The van der Waals surface area contributed by atoms with Gasteiger partial charge in [-0.15, -0.1) is 12.4 Å².